The Morgan fingerprint density at radius 1 is 1.50 bits per heavy atom. The van der Waals surface area contributed by atoms with E-state index in [1.807, 2.05) is 13.8 Å². The molecule has 0 aromatic heterocycles. The normalized spacial score (nSPS) is 12.6. The van der Waals surface area contributed by atoms with Crippen LogP contribution in [0, 0.1) is 11.7 Å². The van der Waals surface area contributed by atoms with Crippen LogP contribution in [0.2, 0.25) is 0 Å². The number of nitrogens with two attached hydrogens (primary N) is 1. The van der Waals surface area contributed by atoms with Crippen molar-refractivity contribution in [2.45, 2.75) is 19.9 Å². The van der Waals surface area contributed by atoms with Crippen LogP contribution < -0.4 is 11.1 Å². The molecule has 0 aliphatic heterocycles. The van der Waals surface area contributed by atoms with Gasteiger partial charge in [-0.05, 0) is 18.1 Å². The highest BCUT2D eigenvalue weighted by atomic mass is 19.1. The Bertz CT molecular complexity index is 394. The maximum Gasteiger partial charge on any atom is 0.241 e. The quantitative estimate of drug-likeness (QED) is 0.683. The van der Waals surface area contributed by atoms with Gasteiger partial charge in [-0.15, -0.1) is 0 Å². The standard InChI is InChI=1S/C11H15FN2O2/c1-6(2)10(13)11(16)14-7-3-4-9(15)8(12)5-7/h3-6,10,15H,13H2,1-2H3,(H,14,16)/t10-/m1/s1. The molecule has 1 aromatic rings. The topological polar surface area (TPSA) is 75.4 Å². The van der Waals surface area contributed by atoms with Crippen molar-refractivity contribution < 1.29 is 14.3 Å². The number of halogens is 1. The lowest BCUT2D eigenvalue weighted by atomic mass is 10.0. The van der Waals surface area contributed by atoms with Gasteiger partial charge in [0.15, 0.2) is 11.6 Å². The summed E-state index contributed by atoms with van der Waals surface area (Å²) in [6.07, 6.45) is 0. The molecule has 1 aromatic carbocycles. The van der Waals surface area contributed by atoms with E-state index in [2.05, 4.69) is 5.32 Å². The van der Waals surface area contributed by atoms with Crippen molar-refractivity contribution in [2.75, 3.05) is 5.32 Å². The second-order valence-electron chi connectivity index (χ2n) is 3.93. The van der Waals surface area contributed by atoms with Crippen LogP contribution in [0.4, 0.5) is 10.1 Å². The van der Waals surface area contributed by atoms with E-state index >= 15 is 0 Å². The zero-order valence-corrected chi connectivity index (χ0v) is 9.20. The monoisotopic (exact) mass is 226 g/mol. The number of carbonyl (C=O) groups excluding carboxylic acids is 1. The molecule has 0 saturated carbocycles. The van der Waals surface area contributed by atoms with Crippen molar-refractivity contribution in [1.82, 2.24) is 0 Å². The molecule has 0 spiro atoms. The predicted molar refractivity (Wildman–Crippen MR) is 59.5 cm³/mol. The molecular weight excluding hydrogens is 211 g/mol. The Morgan fingerprint density at radius 2 is 2.12 bits per heavy atom. The Balaban J connectivity index is 2.74. The first-order valence-electron chi connectivity index (χ1n) is 4.96. The van der Waals surface area contributed by atoms with Crippen LogP contribution in [0.15, 0.2) is 18.2 Å². The summed E-state index contributed by atoms with van der Waals surface area (Å²) in [6.45, 7) is 3.64. The van der Waals surface area contributed by atoms with E-state index in [1.54, 1.807) is 0 Å². The molecular formula is C11H15FN2O2. The van der Waals surface area contributed by atoms with Crippen LogP contribution in [0.25, 0.3) is 0 Å². The zero-order chi connectivity index (χ0) is 12.3. The first-order valence-corrected chi connectivity index (χ1v) is 4.96. The van der Waals surface area contributed by atoms with Gasteiger partial charge in [-0.1, -0.05) is 13.8 Å². The summed E-state index contributed by atoms with van der Waals surface area (Å²) in [5.74, 6) is -1.61. The van der Waals surface area contributed by atoms with E-state index in [4.69, 9.17) is 10.8 Å². The van der Waals surface area contributed by atoms with Crippen LogP contribution in [0.3, 0.4) is 0 Å². The van der Waals surface area contributed by atoms with Crippen molar-refractivity contribution in [3.63, 3.8) is 0 Å². The Morgan fingerprint density at radius 3 is 2.62 bits per heavy atom. The maximum absolute atomic E-state index is 13.0. The smallest absolute Gasteiger partial charge is 0.241 e. The average molecular weight is 226 g/mol. The minimum absolute atomic E-state index is 0.00182. The molecule has 88 valence electrons. The molecule has 1 rings (SSSR count). The van der Waals surface area contributed by atoms with Crippen LogP contribution in [0.1, 0.15) is 13.8 Å². The molecule has 16 heavy (non-hydrogen) atoms. The molecule has 1 amide bonds. The zero-order valence-electron chi connectivity index (χ0n) is 9.20. The third-order valence-electron chi connectivity index (χ3n) is 2.24. The fourth-order valence-electron chi connectivity index (χ4n) is 1.11. The summed E-state index contributed by atoms with van der Waals surface area (Å²) in [4.78, 5) is 11.5. The molecule has 0 bridgehead atoms. The van der Waals surface area contributed by atoms with Gasteiger partial charge in [-0.3, -0.25) is 4.79 Å². The molecule has 0 saturated heterocycles. The Labute approximate surface area is 93.3 Å². The van der Waals surface area contributed by atoms with Gasteiger partial charge < -0.3 is 16.2 Å². The number of aromatic hydroxyl groups is 1. The van der Waals surface area contributed by atoms with E-state index in [-0.39, 0.29) is 17.5 Å². The lowest BCUT2D eigenvalue weighted by molar-refractivity contribution is -0.118. The second kappa shape index (κ2) is 4.94. The van der Waals surface area contributed by atoms with Crippen LogP contribution in [0.5, 0.6) is 5.75 Å². The van der Waals surface area contributed by atoms with Crippen LogP contribution in [-0.4, -0.2) is 17.1 Å². The number of anilines is 1. The summed E-state index contributed by atoms with van der Waals surface area (Å²) < 4.78 is 13.0. The van der Waals surface area contributed by atoms with Crippen LogP contribution >= 0.6 is 0 Å². The fraction of sp³-hybridized carbons (Fsp3) is 0.364. The number of nitrogens with one attached hydrogen (secondary N) is 1. The van der Waals surface area contributed by atoms with Gasteiger partial charge in [0.25, 0.3) is 0 Å². The van der Waals surface area contributed by atoms with E-state index in [0.717, 1.165) is 6.07 Å². The molecule has 0 aliphatic carbocycles. The van der Waals surface area contributed by atoms with Gasteiger partial charge in [-0.2, -0.15) is 0 Å². The van der Waals surface area contributed by atoms with Crippen molar-refractivity contribution in [3.05, 3.63) is 24.0 Å². The number of rotatable bonds is 3. The molecule has 4 nitrogen and oxygen atoms in total. The summed E-state index contributed by atoms with van der Waals surface area (Å²) in [5, 5.41) is 11.4. The number of benzene rings is 1. The van der Waals surface area contributed by atoms with Gasteiger partial charge in [0.2, 0.25) is 5.91 Å². The Kier molecular flexibility index (Phi) is 3.84. The van der Waals surface area contributed by atoms with Gasteiger partial charge in [-0.25, -0.2) is 4.39 Å². The number of hydrogen-bond donors (Lipinski definition) is 3. The van der Waals surface area contributed by atoms with Crippen molar-refractivity contribution >= 4 is 11.6 Å². The lowest BCUT2D eigenvalue weighted by Gasteiger charge is -2.15. The largest absolute Gasteiger partial charge is 0.505 e. The minimum atomic E-state index is -0.782. The number of phenolic OH excluding ortho intramolecular Hbond substituents is 1. The molecule has 4 N–H and O–H groups in total. The molecule has 5 heteroatoms. The van der Waals surface area contributed by atoms with Crippen molar-refractivity contribution in [1.29, 1.82) is 0 Å². The first-order chi connectivity index (χ1) is 7.41. The summed E-state index contributed by atoms with van der Waals surface area (Å²) >= 11 is 0. The highest BCUT2D eigenvalue weighted by Gasteiger charge is 2.17. The van der Waals surface area contributed by atoms with E-state index in [0.29, 0.717) is 0 Å². The van der Waals surface area contributed by atoms with Crippen molar-refractivity contribution in [2.24, 2.45) is 11.7 Å². The maximum atomic E-state index is 13.0. The van der Waals surface area contributed by atoms with E-state index in [9.17, 15) is 9.18 Å². The third kappa shape index (κ3) is 2.93. The highest BCUT2D eigenvalue weighted by Crippen LogP contribution is 2.19. The number of phenols is 1. The average Bonchev–Trinajstić information content (AvgIpc) is 2.22. The molecule has 1 atom stereocenters. The van der Waals surface area contributed by atoms with Crippen molar-refractivity contribution in [3.8, 4) is 5.75 Å². The van der Waals surface area contributed by atoms with Crippen LogP contribution in [-0.2, 0) is 4.79 Å². The molecule has 0 fully saturated rings. The molecule has 0 heterocycles. The van der Waals surface area contributed by atoms with Gasteiger partial charge in [0.05, 0.1) is 6.04 Å². The van der Waals surface area contributed by atoms with Gasteiger partial charge in [0.1, 0.15) is 0 Å². The van der Waals surface area contributed by atoms with Gasteiger partial charge in [0, 0.05) is 11.8 Å². The minimum Gasteiger partial charge on any atom is -0.505 e. The fourth-order valence-corrected chi connectivity index (χ4v) is 1.11. The summed E-state index contributed by atoms with van der Waals surface area (Å²) in [7, 11) is 0. The first kappa shape index (κ1) is 12.4. The third-order valence-corrected chi connectivity index (χ3v) is 2.24. The SMILES string of the molecule is CC(C)[C@@H](N)C(=O)Nc1ccc(O)c(F)c1. The molecule has 0 radical (unpaired) electrons. The predicted octanol–water partition coefficient (Wildman–Crippen LogP) is 1.45. The number of amides is 1. The van der Waals surface area contributed by atoms with E-state index in [1.165, 1.54) is 12.1 Å². The van der Waals surface area contributed by atoms with E-state index < -0.39 is 17.6 Å². The Hall–Kier alpha value is -1.62. The summed E-state index contributed by atoms with van der Waals surface area (Å²) in [6, 6.07) is 2.98. The number of hydrogen-bond acceptors (Lipinski definition) is 3. The lowest BCUT2D eigenvalue weighted by Crippen LogP contribution is -2.39. The molecule has 0 aliphatic rings. The van der Waals surface area contributed by atoms with Gasteiger partial charge >= 0.3 is 0 Å². The molecule has 0 unspecified atom stereocenters. The summed E-state index contributed by atoms with van der Waals surface area (Å²) in [5.41, 5.74) is 5.90. The number of carbonyl (C=O) groups is 1. The second-order valence-corrected chi connectivity index (χ2v) is 3.93. The highest BCUT2D eigenvalue weighted by molar-refractivity contribution is 5.94.